The van der Waals surface area contributed by atoms with Gasteiger partial charge in [-0.25, -0.2) is 0 Å². The van der Waals surface area contributed by atoms with Crippen molar-refractivity contribution in [3.63, 3.8) is 0 Å². The van der Waals surface area contributed by atoms with Crippen molar-refractivity contribution >= 4 is 11.8 Å². The van der Waals surface area contributed by atoms with E-state index in [-0.39, 0.29) is 11.8 Å². The highest BCUT2D eigenvalue weighted by Gasteiger charge is 2.32. The molecule has 0 atom stereocenters. The summed E-state index contributed by atoms with van der Waals surface area (Å²) in [5.74, 6) is 2.53. The minimum Gasteiger partial charge on any atom is -0.489 e. The fraction of sp³-hybridized carbons (Fsp3) is 0.263. The lowest BCUT2D eigenvalue weighted by Crippen LogP contribution is -2.41. The summed E-state index contributed by atoms with van der Waals surface area (Å²) in [4.78, 5) is 36.4. The van der Waals surface area contributed by atoms with Crippen molar-refractivity contribution in [2.45, 2.75) is 79.2 Å². The van der Waals surface area contributed by atoms with Gasteiger partial charge in [-0.1, -0.05) is 107 Å². The van der Waals surface area contributed by atoms with Crippen molar-refractivity contribution in [3.05, 3.63) is 180 Å². The first kappa shape index (κ1) is 46.3. The Hall–Kier alpha value is -7.86. The van der Waals surface area contributed by atoms with Gasteiger partial charge in [0.2, 0.25) is 0 Å². The van der Waals surface area contributed by atoms with Gasteiger partial charge in [0.1, 0.15) is 47.5 Å². The van der Waals surface area contributed by atoms with E-state index < -0.39 is 0 Å². The summed E-state index contributed by atoms with van der Waals surface area (Å²) >= 11 is 0. The molecule has 0 saturated heterocycles. The van der Waals surface area contributed by atoms with Crippen LogP contribution in [0.4, 0.5) is 0 Å². The van der Waals surface area contributed by atoms with E-state index in [1.165, 1.54) is 11.1 Å². The number of benzene rings is 4. The summed E-state index contributed by atoms with van der Waals surface area (Å²) < 4.78 is 15.7. The Labute approximate surface area is 404 Å². The van der Waals surface area contributed by atoms with Crippen molar-refractivity contribution in [1.82, 2.24) is 39.7 Å². The minimum atomic E-state index is -0.103. The number of hydrogen-bond donors (Lipinski definition) is 1. The lowest BCUT2D eigenvalue weighted by molar-refractivity contribution is 0.0698. The molecule has 0 unspecified atom stereocenters. The van der Waals surface area contributed by atoms with E-state index in [1.54, 1.807) is 29.5 Å². The first-order valence-corrected chi connectivity index (χ1v) is 23.9. The third-order valence-corrected chi connectivity index (χ3v) is 12.6. The van der Waals surface area contributed by atoms with Gasteiger partial charge in [-0.05, 0) is 100 Å². The third-order valence-electron chi connectivity index (χ3n) is 12.6. The number of pyridine rings is 2. The molecule has 0 bridgehead atoms. The molecule has 0 aliphatic carbocycles. The molecule has 4 aromatic carbocycles. The summed E-state index contributed by atoms with van der Waals surface area (Å²) in [5.41, 5.74) is 13.2. The van der Waals surface area contributed by atoms with Crippen LogP contribution >= 0.6 is 0 Å². The van der Waals surface area contributed by atoms with Gasteiger partial charge in [0.25, 0.3) is 11.8 Å². The fourth-order valence-electron chi connectivity index (χ4n) is 8.74. The molecule has 8 aromatic rings. The van der Waals surface area contributed by atoms with E-state index in [4.69, 9.17) is 19.7 Å². The van der Waals surface area contributed by atoms with Gasteiger partial charge in [-0.3, -0.25) is 28.9 Å². The van der Waals surface area contributed by atoms with Crippen LogP contribution < -0.4 is 14.8 Å². The molecule has 12 heteroatoms. The number of amides is 2. The van der Waals surface area contributed by atoms with Crippen molar-refractivity contribution in [2.24, 2.45) is 0 Å². The van der Waals surface area contributed by atoms with E-state index >= 15 is 0 Å². The number of carbonyl (C=O) groups is 2. The van der Waals surface area contributed by atoms with Gasteiger partial charge in [-0.15, -0.1) is 0 Å². The molecule has 1 N–H and O–H groups in total. The topological polar surface area (TPSA) is 129 Å². The molecule has 0 saturated carbocycles. The SMILES string of the molecule is CC(C)c1ccc(COc2ccc(-c3c(-c4ccncc4)nn4c3C(=O)NCC4)cc2)cc1.CCCN1CCn2nc(-c3ccncc3)c(-c3ccc(OCc4ccc(C(C)C)cc4)cc3)c2C1=O. The summed E-state index contributed by atoms with van der Waals surface area (Å²) in [7, 11) is 0. The molecule has 10 rings (SSSR count). The smallest absolute Gasteiger partial charge is 0.272 e. The number of hydrogen-bond acceptors (Lipinski definition) is 8. The summed E-state index contributed by atoms with van der Waals surface area (Å²) in [6, 6.07) is 40.6. The van der Waals surface area contributed by atoms with Gasteiger partial charge < -0.3 is 19.7 Å². The molecular weight excluding hydrogens is 861 g/mol. The minimum absolute atomic E-state index is 0.0380. The Morgan fingerprint density at radius 2 is 0.986 bits per heavy atom. The Balaban J connectivity index is 0.000000172. The maximum Gasteiger partial charge on any atom is 0.272 e. The zero-order valence-corrected chi connectivity index (χ0v) is 39.9. The molecule has 12 nitrogen and oxygen atoms in total. The number of nitrogens with zero attached hydrogens (tertiary/aromatic N) is 7. The molecule has 4 aromatic heterocycles. The summed E-state index contributed by atoms with van der Waals surface area (Å²) in [6.07, 6.45) is 7.92. The zero-order valence-electron chi connectivity index (χ0n) is 39.9. The Morgan fingerprint density at radius 1 is 0.536 bits per heavy atom. The highest BCUT2D eigenvalue weighted by molar-refractivity contribution is 6.04. The van der Waals surface area contributed by atoms with Crippen molar-refractivity contribution in [1.29, 1.82) is 0 Å². The Bertz CT molecular complexity index is 3000. The third kappa shape index (κ3) is 10.4. The highest BCUT2D eigenvalue weighted by atomic mass is 16.5. The largest absolute Gasteiger partial charge is 0.489 e. The van der Waals surface area contributed by atoms with Crippen LogP contribution in [0.1, 0.15) is 96.1 Å². The van der Waals surface area contributed by atoms with E-state index in [0.717, 1.165) is 80.4 Å². The van der Waals surface area contributed by atoms with E-state index in [1.807, 2.05) is 82.4 Å². The molecule has 0 fully saturated rings. The van der Waals surface area contributed by atoms with Crippen LogP contribution in [0.3, 0.4) is 0 Å². The molecule has 2 aliphatic heterocycles. The second kappa shape index (κ2) is 21.0. The number of ether oxygens (including phenoxy) is 2. The number of nitrogens with one attached hydrogen (secondary N) is 1. The molecule has 350 valence electrons. The first-order valence-electron chi connectivity index (χ1n) is 23.9. The summed E-state index contributed by atoms with van der Waals surface area (Å²) in [6.45, 7) is 15.2. The zero-order chi connectivity index (χ0) is 47.9. The molecule has 6 heterocycles. The maximum absolute atomic E-state index is 13.5. The second-order valence-corrected chi connectivity index (χ2v) is 18.0. The van der Waals surface area contributed by atoms with Crippen LogP contribution in [0.15, 0.2) is 146 Å². The first-order chi connectivity index (χ1) is 33.6. The molecule has 0 spiro atoms. The number of aromatic nitrogens is 6. The van der Waals surface area contributed by atoms with Gasteiger partial charge in [-0.2, -0.15) is 10.2 Å². The number of rotatable bonds is 14. The van der Waals surface area contributed by atoms with Crippen LogP contribution in [0.5, 0.6) is 11.5 Å². The highest BCUT2D eigenvalue weighted by Crippen LogP contribution is 2.38. The Morgan fingerprint density at radius 3 is 1.43 bits per heavy atom. The maximum atomic E-state index is 13.5. The van der Waals surface area contributed by atoms with E-state index in [2.05, 4.69) is 98.4 Å². The second-order valence-electron chi connectivity index (χ2n) is 18.0. The molecular formula is C57H58N8O4. The van der Waals surface area contributed by atoms with Crippen molar-refractivity contribution in [2.75, 3.05) is 19.6 Å². The van der Waals surface area contributed by atoms with Gasteiger partial charge in [0.05, 0.1) is 13.1 Å². The van der Waals surface area contributed by atoms with Crippen molar-refractivity contribution < 1.29 is 19.1 Å². The monoisotopic (exact) mass is 918 g/mol. The van der Waals surface area contributed by atoms with Crippen LogP contribution in [0.2, 0.25) is 0 Å². The lowest BCUT2D eigenvalue weighted by Gasteiger charge is -2.27. The predicted molar refractivity (Wildman–Crippen MR) is 270 cm³/mol. The van der Waals surface area contributed by atoms with Gasteiger partial charge >= 0.3 is 0 Å². The van der Waals surface area contributed by atoms with Crippen molar-refractivity contribution in [3.8, 4) is 56.3 Å². The molecule has 0 radical (unpaired) electrons. The average Bonchev–Trinajstić information content (AvgIpc) is 3.98. The summed E-state index contributed by atoms with van der Waals surface area (Å²) in [5, 5.41) is 12.6. The van der Waals surface area contributed by atoms with Gasteiger partial charge in [0.15, 0.2) is 0 Å². The number of fused-ring (bicyclic) bond motifs is 2. The van der Waals surface area contributed by atoms with Gasteiger partial charge in [0, 0.05) is 66.7 Å². The quantitative estimate of drug-likeness (QED) is 0.114. The fourth-order valence-corrected chi connectivity index (χ4v) is 8.74. The van der Waals surface area contributed by atoms with Crippen LogP contribution in [-0.2, 0) is 26.3 Å². The number of carbonyl (C=O) groups excluding carboxylic acids is 2. The van der Waals surface area contributed by atoms with Crippen LogP contribution in [0.25, 0.3) is 44.8 Å². The predicted octanol–water partition coefficient (Wildman–Crippen LogP) is 11.2. The van der Waals surface area contributed by atoms with Crippen LogP contribution in [0, 0.1) is 0 Å². The van der Waals surface area contributed by atoms with E-state index in [0.29, 0.717) is 62.6 Å². The molecule has 2 aliphatic rings. The van der Waals surface area contributed by atoms with E-state index in [9.17, 15) is 9.59 Å². The normalized spacial score (nSPS) is 13.1. The lowest BCUT2D eigenvalue weighted by atomic mass is 9.98. The Kier molecular flexibility index (Phi) is 14.1. The standard InChI is InChI=1S/C30H32N4O2.C27H26N4O2/c1-4-17-33-18-19-34-29(30(33)35)27(28(32-34)25-13-15-31-16-14-25)24-9-11-26(12-10-24)36-20-22-5-7-23(8-6-22)21(2)3;1-18(2)20-5-3-19(4-6-20)17-33-23-9-7-21(8-10-23)24-25(22-11-13-28-14-12-22)30-31-16-15-29-27(32)26(24)31/h5-16,21H,4,17-20H2,1-3H3;3-14,18H,15-17H2,1-2H3,(H,29,32). The van der Waals surface area contributed by atoms with Crippen LogP contribution in [-0.4, -0.2) is 65.9 Å². The molecule has 2 amide bonds. The average molecular weight is 919 g/mol. The molecule has 69 heavy (non-hydrogen) atoms.